The number of carbonyl (C=O) groups excluding carboxylic acids is 1. The highest BCUT2D eigenvalue weighted by atomic mass is 35.5. The second kappa shape index (κ2) is 8.79. The fourth-order valence-corrected chi connectivity index (χ4v) is 5.33. The Bertz CT molecular complexity index is 839. The minimum Gasteiger partial charge on any atom is -0.365 e. The number of thioether (sulfide) groups is 1. The predicted octanol–water partition coefficient (Wildman–Crippen LogP) is 5.76. The molecule has 1 aliphatic carbocycles. The van der Waals surface area contributed by atoms with Gasteiger partial charge in [-0.15, -0.1) is 11.8 Å². The summed E-state index contributed by atoms with van der Waals surface area (Å²) in [5.41, 5.74) is 3.16. The van der Waals surface area contributed by atoms with Gasteiger partial charge in [-0.25, -0.2) is 0 Å². The van der Waals surface area contributed by atoms with Gasteiger partial charge in [-0.3, -0.25) is 4.79 Å². The summed E-state index contributed by atoms with van der Waals surface area (Å²) in [5.74, 6) is 1.68. The van der Waals surface area contributed by atoms with E-state index in [0.717, 1.165) is 41.5 Å². The largest absolute Gasteiger partial charge is 0.365 e. The summed E-state index contributed by atoms with van der Waals surface area (Å²) in [4.78, 5) is 16.5. The van der Waals surface area contributed by atoms with Crippen molar-refractivity contribution in [2.45, 2.75) is 50.1 Å². The van der Waals surface area contributed by atoms with Gasteiger partial charge < -0.3 is 10.2 Å². The molecule has 0 bridgehead atoms. The van der Waals surface area contributed by atoms with E-state index < -0.39 is 0 Å². The first kappa shape index (κ1) is 19.7. The SMILES string of the molecule is C[C@H]1CCCC[C@@H]1NC(=O)c1ccc2c(c1)N(Cc1ccc(Cl)cc1)CCS2. The van der Waals surface area contributed by atoms with Gasteiger partial charge in [-0.05, 0) is 54.7 Å². The standard InChI is InChI=1S/C23H27ClN2OS/c1-16-4-2-3-5-20(16)25-23(27)18-8-11-22-21(14-18)26(12-13-28-22)15-17-6-9-19(24)10-7-17/h6-11,14,16,20H,2-5,12-13,15H2,1H3,(H,25,27)/t16-,20-/m0/s1. The molecule has 1 aliphatic heterocycles. The van der Waals surface area contributed by atoms with Crippen LogP contribution in [-0.2, 0) is 6.54 Å². The van der Waals surface area contributed by atoms with E-state index in [1.165, 1.54) is 29.7 Å². The summed E-state index contributed by atoms with van der Waals surface area (Å²) >= 11 is 7.89. The van der Waals surface area contributed by atoms with Crippen LogP contribution in [-0.4, -0.2) is 24.2 Å². The highest BCUT2D eigenvalue weighted by molar-refractivity contribution is 7.99. The zero-order chi connectivity index (χ0) is 19.5. The van der Waals surface area contributed by atoms with Crippen molar-refractivity contribution < 1.29 is 4.79 Å². The first-order chi connectivity index (χ1) is 13.6. The molecule has 148 valence electrons. The maximum absolute atomic E-state index is 12.9. The number of halogens is 1. The number of amides is 1. The van der Waals surface area contributed by atoms with Gasteiger partial charge in [0.15, 0.2) is 0 Å². The lowest BCUT2D eigenvalue weighted by molar-refractivity contribution is 0.0910. The van der Waals surface area contributed by atoms with Gasteiger partial charge in [0.2, 0.25) is 0 Å². The van der Waals surface area contributed by atoms with Crippen LogP contribution in [0.15, 0.2) is 47.4 Å². The highest BCUT2D eigenvalue weighted by Crippen LogP contribution is 2.36. The zero-order valence-electron chi connectivity index (χ0n) is 16.3. The van der Waals surface area contributed by atoms with Crippen LogP contribution in [0.4, 0.5) is 5.69 Å². The molecule has 0 spiro atoms. The number of hydrogen-bond donors (Lipinski definition) is 1. The van der Waals surface area contributed by atoms with Crippen molar-refractivity contribution in [3.8, 4) is 0 Å². The number of carbonyl (C=O) groups is 1. The van der Waals surface area contributed by atoms with Gasteiger partial charge in [0.05, 0.1) is 5.69 Å². The summed E-state index contributed by atoms with van der Waals surface area (Å²) in [6, 6.07) is 14.5. The summed E-state index contributed by atoms with van der Waals surface area (Å²) in [7, 11) is 0. The number of nitrogens with zero attached hydrogens (tertiary/aromatic N) is 1. The molecule has 0 saturated heterocycles. The van der Waals surface area contributed by atoms with Crippen molar-refractivity contribution in [1.82, 2.24) is 5.32 Å². The molecule has 1 amide bonds. The van der Waals surface area contributed by atoms with Crippen molar-refractivity contribution in [2.75, 3.05) is 17.2 Å². The minimum atomic E-state index is 0.0589. The van der Waals surface area contributed by atoms with E-state index in [9.17, 15) is 4.79 Å². The number of rotatable bonds is 4. The third kappa shape index (κ3) is 4.49. The first-order valence-corrected chi connectivity index (χ1v) is 11.5. The Morgan fingerprint density at radius 2 is 1.96 bits per heavy atom. The van der Waals surface area contributed by atoms with Crippen LogP contribution in [0.25, 0.3) is 0 Å². The number of fused-ring (bicyclic) bond motifs is 1. The van der Waals surface area contributed by atoms with E-state index in [1.807, 2.05) is 30.0 Å². The molecule has 0 aromatic heterocycles. The van der Waals surface area contributed by atoms with Crippen LogP contribution in [0, 0.1) is 5.92 Å². The van der Waals surface area contributed by atoms with Crippen molar-refractivity contribution in [2.24, 2.45) is 5.92 Å². The monoisotopic (exact) mass is 414 g/mol. The van der Waals surface area contributed by atoms with E-state index in [0.29, 0.717) is 12.0 Å². The van der Waals surface area contributed by atoms with Crippen LogP contribution >= 0.6 is 23.4 Å². The third-order valence-electron chi connectivity index (χ3n) is 5.90. The molecule has 2 aromatic carbocycles. The van der Waals surface area contributed by atoms with Gasteiger partial charge in [0.1, 0.15) is 0 Å². The van der Waals surface area contributed by atoms with Gasteiger partial charge in [-0.2, -0.15) is 0 Å². The average Bonchev–Trinajstić information content (AvgIpc) is 2.71. The van der Waals surface area contributed by atoms with Crippen LogP contribution in [0.3, 0.4) is 0 Å². The maximum atomic E-state index is 12.9. The lowest BCUT2D eigenvalue weighted by atomic mass is 9.86. The Labute approximate surface area is 176 Å². The summed E-state index contributed by atoms with van der Waals surface area (Å²) < 4.78 is 0. The highest BCUT2D eigenvalue weighted by Gasteiger charge is 2.24. The van der Waals surface area contributed by atoms with Crippen molar-refractivity contribution >= 4 is 35.0 Å². The summed E-state index contributed by atoms with van der Waals surface area (Å²) in [5, 5.41) is 4.04. The number of hydrogen-bond acceptors (Lipinski definition) is 3. The topological polar surface area (TPSA) is 32.3 Å². The second-order valence-electron chi connectivity index (χ2n) is 7.92. The fraction of sp³-hybridized carbons (Fsp3) is 0.435. The van der Waals surface area contributed by atoms with E-state index in [1.54, 1.807) is 0 Å². The molecule has 28 heavy (non-hydrogen) atoms. The van der Waals surface area contributed by atoms with Gasteiger partial charge in [0.25, 0.3) is 5.91 Å². The van der Waals surface area contributed by atoms with Crippen molar-refractivity contribution in [3.63, 3.8) is 0 Å². The molecule has 1 N–H and O–H groups in total. The fourth-order valence-electron chi connectivity index (χ4n) is 4.17. The molecule has 0 radical (unpaired) electrons. The van der Waals surface area contributed by atoms with E-state index in [4.69, 9.17) is 11.6 Å². The van der Waals surface area contributed by atoms with E-state index >= 15 is 0 Å². The van der Waals surface area contributed by atoms with Crippen molar-refractivity contribution in [3.05, 3.63) is 58.6 Å². The maximum Gasteiger partial charge on any atom is 0.251 e. The molecule has 0 unspecified atom stereocenters. The molecule has 4 rings (SSSR count). The molecule has 2 atom stereocenters. The van der Waals surface area contributed by atoms with Crippen LogP contribution in [0.1, 0.15) is 48.5 Å². The van der Waals surface area contributed by atoms with Crippen molar-refractivity contribution in [1.29, 1.82) is 0 Å². The Morgan fingerprint density at radius 1 is 1.18 bits per heavy atom. The Balaban J connectivity index is 1.52. The summed E-state index contributed by atoms with van der Waals surface area (Å²) in [6.07, 6.45) is 4.80. The predicted molar refractivity (Wildman–Crippen MR) is 119 cm³/mol. The second-order valence-corrected chi connectivity index (χ2v) is 9.49. The van der Waals surface area contributed by atoms with Crippen LogP contribution < -0.4 is 10.2 Å². The molecule has 1 saturated carbocycles. The molecule has 3 nitrogen and oxygen atoms in total. The van der Waals surface area contributed by atoms with Crippen LogP contribution in [0.5, 0.6) is 0 Å². The normalized spacial score (nSPS) is 21.9. The molecule has 1 heterocycles. The Kier molecular flexibility index (Phi) is 6.17. The average molecular weight is 415 g/mol. The molecular weight excluding hydrogens is 388 g/mol. The molecule has 2 aliphatic rings. The third-order valence-corrected chi connectivity index (χ3v) is 7.19. The molecule has 5 heteroatoms. The number of nitrogens with one attached hydrogen (secondary N) is 1. The molecule has 2 aromatic rings. The Morgan fingerprint density at radius 3 is 2.75 bits per heavy atom. The van der Waals surface area contributed by atoms with E-state index in [2.05, 4.69) is 41.4 Å². The zero-order valence-corrected chi connectivity index (χ0v) is 17.9. The lowest BCUT2D eigenvalue weighted by Crippen LogP contribution is -2.41. The van der Waals surface area contributed by atoms with Gasteiger partial charge in [-0.1, -0.05) is 43.5 Å². The number of benzene rings is 2. The van der Waals surface area contributed by atoms with Gasteiger partial charge >= 0.3 is 0 Å². The molecule has 1 fully saturated rings. The first-order valence-electron chi connectivity index (χ1n) is 10.2. The van der Waals surface area contributed by atoms with Gasteiger partial charge in [0, 0.05) is 40.4 Å². The van der Waals surface area contributed by atoms with E-state index in [-0.39, 0.29) is 5.91 Å². The molecular formula is C23H27ClN2OS. The van der Waals surface area contributed by atoms with Crippen LogP contribution in [0.2, 0.25) is 5.02 Å². The Hall–Kier alpha value is -1.65. The summed E-state index contributed by atoms with van der Waals surface area (Å²) in [6.45, 7) is 4.06. The quantitative estimate of drug-likeness (QED) is 0.690. The minimum absolute atomic E-state index is 0.0589. The number of anilines is 1. The smallest absolute Gasteiger partial charge is 0.251 e. The lowest BCUT2D eigenvalue weighted by Gasteiger charge is -2.32.